The zero-order chi connectivity index (χ0) is 16.2. The summed E-state index contributed by atoms with van der Waals surface area (Å²) in [5.41, 5.74) is 0.712. The Labute approximate surface area is 137 Å². The zero-order valence-electron chi connectivity index (χ0n) is 12.9. The summed E-state index contributed by atoms with van der Waals surface area (Å²) in [6.07, 6.45) is 1.74. The highest BCUT2D eigenvalue weighted by Crippen LogP contribution is 2.27. The molecule has 1 fully saturated rings. The molecule has 1 atom stereocenters. The van der Waals surface area contributed by atoms with Crippen LogP contribution in [0.2, 0.25) is 0 Å². The van der Waals surface area contributed by atoms with Gasteiger partial charge >= 0.3 is 0 Å². The highest BCUT2D eigenvalue weighted by molar-refractivity contribution is 8.00. The number of carbonyl (C=O) groups excluding carboxylic acids is 1. The van der Waals surface area contributed by atoms with Crippen LogP contribution in [0, 0.1) is 6.92 Å². The molecule has 1 aliphatic heterocycles. The molecule has 2 aromatic heterocycles. The SMILES string of the molecule is Cc1cc(NC(=O)[C@@H](C)Sc2nnnn2C2CCOCC2)on1. The van der Waals surface area contributed by atoms with Crippen LogP contribution >= 0.6 is 11.8 Å². The minimum Gasteiger partial charge on any atom is -0.381 e. The third kappa shape index (κ3) is 3.88. The lowest BCUT2D eigenvalue weighted by Gasteiger charge is -2.22. The standard InChI is InChI=1S/C13H18N6O3S/c1-8-7-11(22-16-8)14-12(20)9(2)23-13-15-17-18-19(13)10-3-5-21-6-4-10/h7,9-10H,3-6H2,1-2H3,(H,14,20)/t9-/m1/s1. The summed E-state index contributed by atoms with van der Waals surface area (Å²) in [5.74, 6) is 0.150. The summed E-state index contributed by atoms with van der Waals surface area (Å²) in [4.78, 5) is 12.2. The highest BCUT2D eigenvalue weighted by Gasteiger charge is 2.24. The fourth-order valence-electron chi connectivity index (χ4n) is 2.28. The van der Waals surface area contributed by atoms with Gasteiger partial charge in [-0.25, -0.2) is 4.68 Å². The first-order chi connectivity index (χ1) is 11.1. The number of hydrogen-bond acceptors (Lipinski definition) is 8. The molecule has 10 heteroatoms. The number of thioether (sulfide) groups is 1. The molecule has 23 heavy (non-hydrogen) atoms. The van der Waals surface area contributed by atoms with Crippen molar-refractivity contribution in [3.8, 4) is 0 Å². The maximum Gasteiger partial charge on any atom is 0.240 e. The van der Waals surface area contributed by atoms with Crippen LogP contribution in [-0.2, 0) is 9.53 Å². The van der Waals surface area contributed by atoms with Crippen molar-refractivity contribution in [2.24, 2.45) is 0 Å². The van der Waals surface area contributed by atoms with Crippen LogP contribution in [0.15, 0.2) is 15.7 Å². The number of aromatic nitrogens is 5. The van der Waals surface area contributed by atoms with Crippen LogP contribution in [0.1, 0.15) is 31.5 Å². The topological polar surface area (TPSA) is 108 Å². The highest BCUT2D eigenvalue weighted by atomic mass is 32.2. The number of anilines is 1. The summed E-state index contributed by atoms with van der Waals surface area (Å²) in [6, 6.07) is 1.88. The van der Waals surface area contributed by atoms with E-state index in [1.54, 1.807) is 24.6 Å². The molecular formula is C13H18N6O3S. The van der Waals surface area contributed by atoms with Gasteiger partial charge in [0.2, 0.25) is 16.9 Å². The quantitative estimate of drug-likeness (QED) is 0.816. The second-order valence-corrected chi connectivity index (χ2v) is 6.64. The van der Waals surface area contributed by atoms with Gasteiger partial charge in [0.05, 0.1) is 17.0 Å². The van der Waals surface area contributed by atoms with Crippen LogP contribution in [0.5, 0.6) is 0 Å². The largest absolute Gasteiger partial charge is 0.381 e. The second-order valence-electron chi connectivity index (χ2n) is 5.33. The Bertz CT molecular complexity index is 666. The molecule has 2 aromatic rings. The predicted octanol–water partition coefficient (Wildman–Crippen LogP) is 1.44. The van der Waals surface area contributed by atoms with E-state index in [1.165, 1.54) is 11.8 Å². The monoisotopic (exact) mass is 338 g/mol. The number of amides is 1. The third-order valence-electron chi connectivity index (χ3n) is 3.53. The molecule has 1 aliphatic rings. The van der Waals surface area contributed by atoms with Crippen molar-refractivity contribution in [1.82, 2.24) is 25.4 Å². The number of carbonyl (C=O) groups is 1. The van der Waals surface area contributed by atoms with Gasteiger partial charge in [-0.2, -0.15) is 0 Å². The second kappa shape index (κ2) is 7.09. The van der Waals surface area contributed by atoms with E-state index in [-0.39, 0.29) is 17.2 Å². The van der Waals surface area contributed by atoms with Gasteiger partial charge in [0.1, 0.15) is 0 Å². The number of hydrogen-bond donors (Lipinski definition) is 1. The lowest BCUT2D eigenvalue weighted by molar-refractivity contribution is -0.115. The van der Waals surface area contributed by atoms with Gasteiger partial charge in [-0.15, -0.1) is 5.10 Å². The number of nitrogens with zero attached hydrogens (tertiary/aromatic N) is 5. The van der Waals surface area contributed by atoms with Crippen molar-refractivity contribution in [2.45, 2.75) is 43.1 Å². The van der Waals surface area contributed by atoms with Gasteiger partial charge in [-0.1, -0.05) is 16.9 Å². The van der Waals surface area contributed by atoms with Gasteiger partial charge in [0.15, 0.2) is 0 Å². The molecule has 3 rings (SSSR count). The molecular weight excluding hydrogens is 320 g/mol. The van der Waals surface area contributed by atoms with Crippen molar-refractivity contribution < 1.29 is 14.1 Å². The maximum atomic E-state index is 12.2. The van der Waals surface area contributed by atoms with Crippen LogP contribution in [0.4, 0.5) is 5.88 Å². The molecule has 0 unspecified atom stereocenters. The van der Waals surface area contributed by atoms with E-state index >= 15 is 0 Å². The number of tetrazole rings is 1. The van der Waals surface area contributed by atoms with Crippen LogP contribution < -0.4 is 5.32 Å². The first-order valence-corrected chi connectivity index (χ1v) is 8.28. The van der Waals surface area contributed by atoms with E-state index in [2.05, 4.69) is 26.0 Å². The van der Waals surface area contributed by atoms with E-state index in [0.717, 1.165) is 12.8 Å². The lowest BCUT2D eigenvalue weighted by Crippen LogP contribution is -2.24. The summed E-state index contributed by atoms with van der Waals surface area (Å²) in [6.45, 7) is 5.00. The van der Waals surface area contributed by atoms with E-state index in [0.29, 0.717) is 29.9 Å². The fourth-order valence-corrected chi connectivity index (χ4v) is 3.14. The summed E-state index contributed by atoms with van der Waals surface area (Å²) >= 11 is 1.32. The van der Waals surface area contributed by atoms with E-state index in [4.69, 9.17) is 9.26 Å². The van der Waals surface area contributed by atoms with E-state index < -0.39 is 0 Å². The molecule has 0 spiro atoms. The van der Waals surface area contributed by atoms with Crippen molar-refractivity contribution in [3.05, 3.63) is 11.8 Å². The molecule has 1 saturated heterocycles. The van der Waals surface area contributed by atoms with Crippen LogP contribution in [0.25, 0.3) is 0 Å². The average Bonchev–Trinajstić information content (AvgIpc) is 3.17. The molecule has 1 N–H and O–H groups in total. The first-order valence-electron chi connectivity index (χ1n) is 7.40. The molecule has 124 valence electrons. The molecule has 0 bridgehead atoms. The minimum atomic E-state index is -0.370. The maximum absolute atomic E-state index is 12.2. The predicted molar refractivity (Wildman–Crippen MR) is 82.1 cm³/mol. The van der Waals surface area contributed by atoms with Gasteiger partial charge in [0.25, 0.3) is 0 Å². The summed E-state index contributed by atoms with van der Waals surface area (Å²) < 4.78 is 12.1. The average molecular weight is 338 g/mol. The van der Waals surface area contributed by atoms with Gasteiger partial charge in [-0.3, -0.25) is 10.1 Å². The number of aryl methyl sites for hydroxylation is 1. The van der Waals surface area contributed by atoms with Crippen LogP contribution in [0.3, 0.4) is 0 Å². The third-order valence-corrected chi connectivity index (χ3v) is 4.57. The molecule has 3 heterocycles. The van der Waals surface area contributed by atoms with Gasteiger partial charge in [-0.05, 0) is 37.1 Å². The fraction of sp³-hybridized carbons (Fsp3) is 0.615. The zero-order valence-corrected chi connectivity index (χ0v) is 13.7. The van der Waals surface area contributed by atoms with Crippen molar-refractivity contribution in [3.63, 3.8) is 0 Å². The number of nitrogens with one attached hydrogen (secondary N) is 1. The van der Waals surface area contributed by atoms with Crippen molar-refractivity contribution >= 4 is 23.6 Å². The molecule has 0 aliphatic carbocycles. The smallest absolute Gasteiger partial charge is 0.240 e. The van der Waals surface area contributed by atoms with E-state index in [9.17, 15) is 4.79 Å². The van der Waals surface area contributed by atoms with Crippen LogP contribution in [-0.4, -0.2) is 49.7 Å². The lowest BCUT2D eigenvalue weighted by atomic mass is 10.1. The number of ether oxygens (including phenoxy) is 1. The molecule has 0 aromatic carbocycles. The summed E-state index contributed by atoms with van der Waals surface area (Å²) in [7, 11) is 0. The number of rotatable bonds is 5. The first kappa shape index (κ1) is 15.9. The molecule has 9 nitrogen and oxygen atoms in total. The Morgan fingerprint density at radius 1 is 1.48 bits per heavy atom. The van der Waals surface area contributed by atoms with Crippen molar-refractivity contribution in [1.29, 1.82) is 0 Å². The Hall–Kier alpha value is -1.94. The molecule has 0 radical (unpaired) electrons. The van der Waals surface area contributed by atoms with Gasteiger partial charge in [0, 0.05) is 19.3 Å². The Morgan fingerprint density at radius 2 is 2.26 bits per heavy atom. The Kier molecular flexibility index (Phi) is 4.91. The molecule has 0 saturated carbocycles. The minimum absolute atomic E-state index is 0.187. The van der Waals surface area contributed by atoms with Gasteiger partial charge < -0.3 is 9.26 Å². The Balaban J connectivity index is 1.62. The van der Waals surface area contributed by atoms with Crippen molar-refractivity contribution in [2.75, 3.05) is 18.5 Å². The Morgan fingerprint density at radius 3 is 2.96 bits per heavy atom. The normalized spacial score (nSPS) is 17.1. The van der Waals surface area contributed by atoms with E-state index in [1.807, 2.05) is 0 Å². The molecule has 1 amide bonds. The summed E-state index contributed by atoms with van der Waals surface area (Å²) in [5, 5.41) is 18.5.